The number of esters is 1. The van der Waals surface area contributed by atoms with Gasteiger partial charge in [0.2, 0.25) is 0 Å². The zero-order valence-corrected chi connectivity index (χ0v) is 16.3. The maximum absolute atomic E-state index is 11.7. The third-order valence-electron chi connectivity index (χ3n) is 4.98. The summed E-state index contributed by atoms with van der Waals surface area (Å²) in [5.74, 6) is -0.342. The van der Waals surface area contributed by atoms with E-state index in [-0.39, 0.29) is 24.0 Å². The molecule has 124 valence electrons. The zero-order chi connectivity index (χ0) is 17.1. The molecule has 1 heterocycles. The SMILES string of the molecule is COB1C(C[C@@H](C)C(=O)OC)=CC=CN1[Si](C)(C)C(C)(C)C. The van der Waals surface area contributed by atoms with E-state index in [1.54, 1.807) is 7.11 Å². The van der Waals surface area contributed by atoms with E-state index in [4.69, 9.17) is 9.39 Å². The van der Waals surface area contributed by atoms with Crippen molar-refractivity contribution >= 4 is 21.3 Å². The average molecular weight is 323 g/mol. The molecule has 0 fully saturated rings. The fraction of sp³-hybridized carbons (Fsp3) is 0.688. The Balaban J connectivity index is 3.02. The first-order valence-electron chi connectivity index (χ1n) is 7.82. The number of allylic oxidation sites excluding steroid dienone is 3. The zero-order valence-electron chi connectivity index (χ0n) is 15.3. The van der Waals surface area contributed by atoms with Crippen molar-refractivity contribution in [3.63, 3.8) is 0 Å². The van der Waals surface area contributed by atoms with Gasteiger partial charge < -0.3 is 13.9 Å². The van der Waals surface area contributed by atoms with Gasteiger partial charge in [-0.25, -0.2) is 0 Å². The summed E-state index contributed by atoms with van der Waals surface area (Å²) in [6, 6.07) is 0. The Morgan fingerprint density at radius 3 is 2.41 bits per heavy atom. The fourth-order valence-corrected chi connectivity index (χ4v) is 4.63. The molecule has 22 heavy (non-hydrogen) atoms. The van der Waals surface area contributed by atoms with E-state index in [2.05, 4.69) is 56.7 Å². The molecule has 6 heteroatoms. The normalized spacial score (nSPS) is 17.4. The highest BCUT2D eigenvalue weighted by Gasteiger charge is 2.46. The van der Waals surface area contributed by atoms with E-state index in [9.17, 15) is 4.79 Å². The predicted molar refractivity (Wildman–Crippen MR) is 94.8 cm³/mol. The van der Waals surface area contributed by atoms with Crippen LogP contribution in [0.15, 0.2) is 23.8 Å². The standard InChI is InChI=1S/C16H30BNO3Si/c1-13(15(19)20-5)12-14-10-9-11-18(17(14)21-6)22(7,8)16(2,3)4/h9-11,13H,12H2,1-8H3/t13-/m1/s1. The van der Waals surface area contributed by atoms with Crippen molar-refractivity contribution in [2.24, 2.45) is 5.92 Å². The van der Waals surface area contributed by atoms with Gasteiger partial charge >= 0.3 is 13.0 Å². The summed E-state index contributed by atoms with van der Waals surface area (Å²) in [5, 5.41) is 0.213. The molecule has 1 aliphatic rings. The minimum atomic E-state index is -1.75. The highest BCUT2D eigenvalue weighted by Crippen LogP contribution is 2.40. The lowest BCUT2D eigenvalue weighted by molar-refractivity contribution is -0.144. The summed E-state index contributed by atoms with van der Waals surface area (Å²) in [6.45, 7) is 13.5. The van der Waals surface area contributed by atoms with Crippen LogP contribution in [-0.2, 0) is 14.2 Å². The molecule has 0 spiro atoms. The van der Waals surface area contributed by atoms with Gasteiger partial charge in [0.05, 0.1) is 13.0 Å². The molecular formula is C16H30BNO3Si. The van der Waals surface area contributed by atoms with Crippen molar-refractivity contribution in [1.29, 1.82) is 0 Å². The summed E-state index contributed by atoms with van der Waals surface area (Å²) >= 11 is 0. The monoisotopic (exact) mass is 323 g/mol. The number of hydrogen-bond acceptors (Lipinski definition) is 4. The van der Waals surface area contributed by atoms with Crippen LogP contribution in [0.25, 0.3) is 0 Å². The molecule has 0 aliphatic carbocycles. The number of rotatable bonds is 5. The number of ether oxygens (including phenoxy) is 1. The molecule has 0 radical (unpaired) electrons. The molecule has 0 saturated carbocycles. The Morgan fingerprint density at radius 1 is 1.36 bits per heavy atom. The van der Waals surface area contributed by atoms with Gasteiger partial charge in [0.25, 0.3) is 0 Å². The van der Waals surface area contributed by atoms with E-state index >= 15 is 0 Å². The van der Waals surface area contributed by atoms with Crippen molar-refractivity contribution in [3.8, 4) is 0 Å². The van der Waals surface area contributed by atoms with Gasteiger partial charge in [-0.05, 0) is 29.2 Å². The average Bonchev–Trinajstić information content (AvgIpc) is 2.44. The van der Waals surface area contributed by atoms with Crippen LogP contribution >= 0.6 is 0 Å². The highest BCUT2D eigenvalue weighted by molar-refractivity contribution is 6.86. The first-order chi connectivity index (χ1) is 10.1. The maximum atomic E-state index is 11.7. The molecule has 0 aromatic rings. The van der Waals surface area contributed by atoms with Gasteiger partial charge in [-0.2, -0.15) is 0 Å². The molecule has 0 N–H and O–H groups in total. The fourth-order valence-electron chi connectivity index (χ4n) is 2.54. The van der Waals surface area contributed by atoms with Gasteiger partial charge in [-0.1, -0.05) is 46.9 Å². The van der Waals surface area contributed by atoms with Crippen LogP contribution in [0.2, 0.25) is 18.1 Å². The lowest BCUT2D eigenvalue weighted by atomic mass is 9.67. The van der Waals surface area contributed by atoms with Crippen LogP contribution < -0.4 is 0 Å². The Kier molecular flexibility index (Phi) is 6.10. The van der Waals surface area contributed by atoms with E-state index in [0.717, 1.165) is 5.47 Å². The topological polar surface area (TPSA) is 38.8 Å². The predicted octanol–water partition coefficient (Wildman–Crippen LogP) is 3.62. The third-order valence-corrected chi connectivity index (χ3v) is 10.3. The number of carbonyl (C=O) groups is 1. The molecule has 0 unspecified atom stereocenters. The lowest BCUT2D eigenvalue weighted by Gasteiger charge is -2.49. The Bertz CT molecular complexity index is 469. The van der Waals surface area contributed by atoms with Crippen LogP contribution in [0, 0.1) is 5.92 Å². The minimum Gasteiger partial charge on any atom is -0.469 e. The van der Waals surface area contributed by atoms with Crippen LogP contribution in [-0.4, -0.2) is 40.0 Å². The number of nitrogens with zero attached hydrogens (tertiary/aromatic N) is 1. The Morgan fingerprint density at radius 2 is 1.95 bits per heavy atom. The molecule has 0 aromatic carbocycles. The smallest absolute Gasteiger partial charge is 0.438 e. The molecule has 4 nitrogen and oxygen atoms in total. The van der Waals surface area contributed by atoms with E-state index in [0.29, 0.717) is 6.42 Å². The second kappa shape index (κ2) is 7.05. The first kappa shape index (κ1) is 19.0. The highest BCUT2D eigenvalue weighted by atomic mass is 28.3. The van der Waals surface area contributed by atoms with Crippen molar-refractivity contribution in [2.45, 2.75) is 52.2 Å². The molecular weight excluding hydrogens is 293 g/mol. The summed E-state index contributed by atoms with van der Waals surface area (Å²) in [7, 11) is 1.32. The van der Waals surface area contributed by atoms with Crippen LogP contribution in [0.4, 0.5) is 0 Å². The van der Waals surface area contributed by atoms with Gasteiger partial charge in [-0.3, -0.25) is 4.79 Å². The Labute approximate surface area is 136 Å². The number of hydrogen-bond donors (Lipinski definition) is 0. The van der Waals surface area contributed by atoms with Gasteiger partial charge in [0, 0.05) is 7.11 Å². The van der Waals surface area contributed by atoms with Gasteiger partial charge in [0.15, 0.2) is 0 Å². The molecule has 0 aromatic heterocycles. The second-order valence-corrected chi connectivity index (χ2v) is 12.7. The summed E-state index contributed by atoms with van der Waals surface area (Å²) in [6.07, 6.45) is 6.92. The van der Waals surface area contributed by atoms with E-state index in [1.807, 2.05) is 6.92 Å². The third kappa shape index (κ3) is 3.84. The molecule has 0 bridgehead atoms. The van der Waals surface area contributed by atoms with Crippen molar-refractivity contribution in [3.05, 3.63) is 23.8 Å². The summed E-state index contributed by atoms with van der Waals surface area (Å²) in [5.41, 5.74) is 1.13. The van der Waals surface area contributed by atoms with E-state index in [1.165, 1.54) is 7.11 Å². The van der Waals surface area contributed by atoms with Crippen LogP contribution in [0.3, 0.4) is 0 Å². The maximum Gasteiger partial charge on any atom is 0.438 e. The lowest BCUT2D eigenvalue weighted by Crippen LogP contribution is -2.60. The van der Waals surface area contributed by atoms with Gasteiger partial charge in [0.1, 0.15) is 8.24 Å². The summed E-state index contributed by atoms with van der Waals surface area (Å²) < 4.78 is 13.0. The molecule has 1 aliphatic heterocycles. The quantitative estimate of drug-likeness (QED) is 0.572. The molecule has 1 rings (SSSR count). The first-order valence-corrected chi connectivity index (χ1v) is 10.8. The molecule has 1 atom stereocenters. The van der Waals surface area contributed by atoms with Gasteiger partial charge in [-0.15, -0.1) is 0 Å². The van der Waals surface area contributed by atoms with Crippen molar-refractivity contribution in [1.82, 2.24) is 4.48 Å². The van der Waals surface area contributed by atoms with Crippen LogP contribution in [0.5, 0.6) is 0 Å². The Hall–Kier alpha value is -1.01. The molecule has 0 amide bonds. The number of methoxy groups -OCH3 is 1. The number of carbonyl (C=O) groups excluding carboxylic acids is 1. The van der Waals surface area contributed by atoms with E-state index < -0.39 is 8.24 Å². The van der Waals surface area contributed by atoms with Crippen molar-refractivity contribution in [2.75, 3.05) is 14.2 Å². The summed E-state index contributed by atoms with van der Waals surface area (Å²) in [4.78, 5) is 11.7. The largest absolute Gasteiger partial charge is 0.469 e. The van der Waals surface area contributed by atoms with Crippen molar-refractivity contribution < 1.29 is 14.2 Å². The minimum absolute atomic E-state index is 0.0991. The second-order valence-electron chi connectivity index (χ2n) is 7.52. The van der Waals surface area contributed by atoms with Crippen LogP contribution in [0.1, 0.15) is 34.1 Å². The molecule has 0 saturated heterocycles.